The number of aromatic nitrogens is 2. The van der Waals surface area contributed by atoms with Gasteiger partial charge < -0.3 is 9.47 Å². The fraction of sp³-hybridized carbons (Fsp3) is 0.533. The van der Waals surface area contributed by atoms with E-state index in [9.17, 15) is 0 Å². The predicted molar refractivity (Wildman–Crippen MR) is 86.7 cm³/mol. The van der Waals surface area contributed by atoms with Crippen LogP contribution in [0.15, 0.2) is 18.2 Å². The van der Waals surface area contributed by atoms with Gasteiger partial charge in [0.1, 0.15) is 11.3 Å². The molecule has 0 spiro atoms. The topological polar surface area (TPSA) is 21.1 Å². The maximum atomic E-state index is 6.21. The number of halogens is 2. The molecular weight excluding hydrogens is 293 g/mol. The molecule has 0 saturated heterocycles. The Morgan fingerprint density at radius 1 is 1.40 bits per heavy atom. The Kier molecular flexibility index (Phi) is 5.30. The number of imidazole rings is 1. The van der Waals surface area contributed by atoms with Crippen molar-refractivity contribution < 1.29 is 0 Å². The van der Waals surface area contributed by atoms with E-state index in [4.69, 9.17) is 23.2 Å². The molecular formula is C15H21Cl2N3. The molecule has 1 aromatic carbocycles. The van der Waals surface area contributed by atoms with Crippen LogP contribution in [0.25, 0.3) is 11.0 Å². The molecule has 1 heterocycles. The number of benzene rings is 1. The molecule has 110 valence electrons. The Balaban J connectivity index is 2.27. The van der Waals surface area contributed by atoms with E-state index in [-0.39, 0.29) is 0 Å². The molecule has 0 bridgehead atoms. The SMILES string of the molecule is CCC(C)N(C)CCn1c(CCl)nc2c(Cl)cccc21. The molecule has 2 aromatic rings. The Labute approximate surface area is 130 Å². The lowest BCUT2D eigenvalue weighted by molar-refractivity contribution is 0.243. The lowest BCUT2D eigenvalue weighted by Crippen LogP contribution is -2.31. The second-order valence-corrected chi connectivity index (χ2v) is 5.83. The number of hydrogen-bond acceptors (Lipinski definition) is 2. The van der Waals surface area contributed by atoms with Crippen molar-refractivity contribution in [2.24, 2.45) is 0 Å². The molecule has 2 rings (SSSR count). The first-order valence-electron chi connectivity index (χ1n) is 6.98. The second kappa shape index (κ2) is 6.79. The predicted octanol–water partition coefficient (Wildman–Crippen LogP) is 4.16. The van der Waals surface area contributed by atoms with Gasteiger partial charge in [0.25, 0.3) is 0 Å². The molecule has 0 aliphatic heterocycles. The fourth-order valence-electron chi connectivity index (χ4n) is 2.30. The second-order valence-electron chi connectivity index (χ2n) is 5.16. The van der Waals surface area contributed by atoms with Crippen LogP contribution in [0.2, 0.25) is 5.02 Å². The van der Waals surface area contributed by atoms with E-state index in [1.54, 1.807) is 0 Å². The van der Waals surface area contributed by atoms with E-state index < -0.39 is 0 Å². The van der Waals surface area contributed by atoms with Gasteiger partial charge in [-0.05, 0) is 32.5 Å². The third kappa shape index (κ3) is 3.11. The molecule has 3 nitrogen and oxygen atoms in total. The molecule has 0 amide bonds. The lowest BCUT2D eigenvalue weighted by Gasteiger charge is -2.24. The standard InChI is InChI=1S/C15H21Cl2N3/c1-4-11(2)19(3)8-9-20-13-7-5-6-12(17)15(13)18-14(20)10-16/h5-7,11H,4,8-10H2,1-3H3. The van der Waals surface area contributed by atoms with Crippen LogP contribution in [0.3, 0.4) is 0 Å². The molecule has 0 N–H and O–H groups in total. The largest absolute Gasteiger partial charge is 0.326 e. The molecule has 1 aromatic heterocycles. The summed E-state index contributed by atoms with van der Waals surface area (Å²) in [6.45, 7) is 6.29. The highest BCUT2D eigenvalue weighted by molar-refractivity contribution is 6.35. The summed E-state index contributed by atoms with van der Waals surface area (Å²) < 4.78 is 2.17. The van der Waals surface area contributed by atoms with Crippen molar-refractivity contribution >= 4 is 34.2 Å². The summed E-state index contributed by atoms with van der Waals surface area (Å²) in [6.07, 6.45) is 1.15. The molecule has 0 aliphatic rings. The van der Waals surface area contributed by atoms with Crippen LogP contribution in [0.4, 0.5) is 0 Å². The van der Waals surface area contributed by atoms with Crippen molar-refractivity contribution in [3.05, 3.63) is 29.0 Å². The zero-order valence-electron chi connectivity index (χ0n) is 12.2. The summed E-state index contributed by atoms with van der Waals surface area (Å²) in [5.74, 6) is 1.28. The number of rotatable bonds is 6. The normalized spacial score (nSPS) is 13.3. The van der Waals surface area contributed by atoms with Gasteiger partial charge in [-0.2, -0.15) is 0 Å². The minimum atomic E-state index is 0.401. The van der Waals surface area contributed by atoms with Crippen molar-refractivity contribution in [2.45, 2.75) is 38.7 Å². The van der Waals surface area contributed by atoms with Gasteiger partial charge >= 0.3 is 0 Å². The average Bonchev–Trinajstić information content (AvgIpc) is 2.83. The number of fused-ring (bicyclic) bond motifs is 1. The Morgan fingerprint density at radius 3 is 2.80 bits per heavy atom. The number of nitrogens with zero attached hydrogens (tertiary/aromatic N) is 3. The number of alkyl halides is 1. The molecule has 20 heavy (non-hydrogen) atoms. The summed E-state index contributed by atoms with van der Waals surface area (Å²) >= 11 is 12.2. The van der Waals surface area contributed by atoms with Crippen molar-refractivity contribution in [1.29, 1.82) is 0 Å². The van der Waals surface area contributed by atoms with Crippen LogP contribution >= 0.6 is 23.2 Å². The van der Waals surface area contributed by atoms with Gasteiger partial charge in [-0.1, -0.05) is 24.6 Å². The van der Waals surface area contributed by atoms with E-state index in [2.05, 4.69) is 35.3 Å². The van der Waals surface area contributed by atoms with Crippen molar-refractivity contribution in [3.8, 4) is 0 Å². The summed E-state index contributed by atoms with van der Waals surface area (Å²) in [5, 5.41) is 0.683. The van der Waals surface area contributed by atoms with E-state index in [1.165, 1.54) is 0 Å². The van der Waals surface area contributed by atoms with Gasteiger partial charge in [0, 0.05) is 19.1 Å². The van der Waals surface area contributed by atoms with Crippen LogP contribution in [0.5, 0.6) is 0 Å². The van der Waals surface area contributed by atoms with E-state index in [1.807, 2.05) is 18.2 Å². The van der Waals surface area contributed by atoms with Crippen molar-refractivity contribution in [1.82, 2.24) is 14.5 Å². The average molecular weight is 314 g/mol. The zero-order chi connectivity index (χ0) is 14.7. The highest BCUT2D eigenvalue weighted by Crippen LogP contribution is 2.24. The summed E-state index contributed by atoms with van der Waals surface area (Å²) in [5.41, 5.74) is 1.90. The van der Waals surface area contributed by atoms with Crippen LogP contribution in [-0.4, -0.2) is 34.1 Å². The Bertz CT molecular complexity index is 580. The van der Waals surface area contributed by atoms with Crippen LogP contribution in [-0.2, 0) is 12.4 Å². The lowest BCUT2D eigenvalue weighted by atomic mass is 10.2. The third-order valence-electron chi connectivity index (χ3n) is 3.95. The monoisotopic (exact) mass is 313 g/mol. The highest BCUT2D eigenvalue weighted by Gasteiger charge is 2.13. The van der Waals surface area contributed by atoms with E-state index in [0.29, 0.717) is 16.9 Å². The number of likely N-dealkylation sites (N-methyl/N-ethyl adjacent to an activating group) is 1. The zero-order valence-corrected chi connectivity index (χ0v) is 13.7. The molecule has 0 aliphatic carbocycles. The number of hydrogen-bond donors (Lipinski definition) is 0. The molecule has 5 heteroatoms. The van der Waals surface area contributed by atoms with Crippen LogP contribution < -0.4 is 0 Å². The Morgan fingerprint density at radius 2 is 2.15 bits per heavy atom. The maximum Gasteiger partial charge on any atom is 0.124 e. The van der Waals surface area contributed by atoms with Crippen molar-refractivity contribution in [3.63, 3.8) is 0 Å². The molecule has 0 saturated carbocycles. The van der Waals surface area contributed by atoms with Crippen LogP contribution in [0, 0.1) is 0 Å². The van der Waals surface area contributed by atoms with Gasteiger partial charge in [-0.15, -0.1) is 11.6 Å². The summed E-state index contributed by atoms with van der Waals surface area (Å²) in [4.78, 5) is 6.91. The van der Waals surface area contributed by atoms with Crippen LogP contribution in [0.1, 0.15) is 26.1 Å². The maximum absolute atomic E-state index is 6.21. The minimum Gasteiger partial charge on any atom is -0.326 e. The molecule has 1 atom stereocenters. The third-order valence-corrected chi connectivity index (χ3v) is 4.49. The van der Waals surface area contributed by atoms with Gasteiger partial charge in [0.15, 0.2) is 0 Å². The van der Waals surface area contributed by atoms with E-state index >= 15 is 0 Å². The minimum absolute atomic E-state index is 0.401. The fourth-order valence-corrected chi connectivity index (χ4v) is 2.72. The quantitative estimate of drug-likeness (QED) is 0.747. The molecule has 0 fully saturated rings. The summed E-state index contributed by atoms with van der Waals surface area (Å²) in [7, 11) is 2.15. The van der Waals surface area contributed by atoms with Crippen molar-refractivity contribution in [2.75, 3.05) is 13.6 Å². The highest BCUT2D eigenvalue weighted by atomic mass is 35.5. The molecule has 0 radical (unpaired) electrons. The first-order valence-corrected chi connectivity index (χ1v) is 7.89. The first-order chi connectivity index (χ1) is 9.58. The Hall–Kier alpha value is -0.770. The van der Waals surface area contributed by atoms with Gasteiger partial charge in [0.05, 0.1) is 16.4 Å². The first kappa shape index (κ1) is 15.6. The smallest absolute Gasteiger partial charge is 0.124 e. The summed E-state index contributed by atoms with van der Waals surface area (Å²) in [6, 6.07) is 6.45. The molecule has 1 unspecified atom stereocenters. The van der Waals surface area contributed by atoms with Gasteiger partial charge in [-0.3, -0.25) is 0 Å². The van der Waals surface area contributed by atoms with Gasteiger partial charge in [0.2, 0.25) is 0 Å². The van der Waals surface area contributed by atoms with Gasteiger partial charge in [-0.25, -0.2) is 4.98 Å². The van der Waals surface area contributed by atoms with E-state index in [0.717, 1.165) is 36.4 Å². The number of para-hydroxylation sites is 1.